The number of carbonyl (C=O) groups is 1. The van der Waals surface area contributed by atoms with E-state index in [1.165, 1.54) is 11.6 Å². The molecule has 0 aliphatic carbocycles. The Bertz CT molecular complexity index is 877. The summed E-state index contributed by atoms with van der Waals surface area (Å²) in [5, 5.41) is 0. The molecule has 2 N–H and O–H groups in total. The van der Waals surface area contributed by atoms with Crippen LogP contribution in [0.2, 0.25) is 0 Å². The SMILES string of the molecule is Cl.NC(=O)c1cccc(-c2ccc(CCCc3ccccc3F)cc2)c1. The van der Waals surface area contributed by atoms with Crippen LogP contribution < -0.4 is 5.73 Å². The molecule has 0 saturated carbocycles. The second-order valence-corrected chi connectivity index (χ2v) is 6.09. The van der Waals surface area contributed by atoms with Crippen LogP contribution in [0.3, 0.4) is 0 Å². The maximum Gasteiger partial charge on any atom is 0.248 e. The van der Waals surface area contributed by atoms with Gasteiger partial charge in [-0.3, -0.25) is 4.79 Å². The first kappa shape index (κ1) is 19.7. The van der Waals surface area contributed by atoms with Gasteiger partial charge in [0.1, 0.15) is 5.82 Å². The lowest BCUT2D eigenvalue weighted by Gasteiger charge is -2.07. The molecule has 0 saturated heterocycles. The molecule has 0 atom stereocenters. The van der Waals surface area contributed by atoms with Crippen molar-refractivity contribution in [2.45, 2.75) is 19.3 Å². The number of hydrogen-bond acceptors (Lipinski definition) is 1. The van der Waals surface area contributed by atoms with E-state index in [1.54, 1.807) is 18.2 Å². The van der Waals surface area contributed by atoms with Gasteiger partial charge < -0.3 is 5.73 Å². The topological polar surface area (TPSA) is 43.1 Å². The molecule has 3 aromatic rings. The fourth-order valence-electron chi connectivity index (χ4n) is 2.90. The molecule has 3 aromatic carbocycles. The van der Waals surface area contributed by atoms with Crippen molar-refractivity contribution in [2.24, 2.45) is 5.73 Å². The highest BCUT2D eigenvalue weighted by molar-refractivity contribution is 5.94. The second-order valence-electron chi connectivity index (χ2n) is 6.09. The normalized spacial score (nSPS) is 10.2. The molecule has 0 aromatic heterocycles. The van der Waals surface area contributed by atoms with Crippen LogP contribution in [0.5, 0.6) is 0 Å². The molecule has 4 heteroatoms. The summed E-state index contributed by atoms with van der Waals surface area (Å²) < 4.78 is 13.6. The number of carbonyl (C=O) groups excluding carboxylic acids is 1. The van der Waals surface area contributed by atoms with E-state index in [0.717, 1.165) is 36.0 Å². The Hall–Kier alpha value is -2.65. The monoisotopic (exact) mass is 369 g/mol. The average Bonchev–Trinajstić information content (AvgIpc) is 2.64. The van der Waals surface area contributed by atoms with Crippen molar-refractivity contribution >= 4 is 18.3 Å². The molecule has 0 aliphatic rings. The molecule has 1 amide bonds. The molecule has 26 heavy (non-hydrogen) atoms. The molecule has 2 nitrogen and oxygen atoms in total. The lowest BCUT2D eigenvalue weighted by atomic mass is 9.99. The first-order valence-corrected chi connectivity index (χ1v) is 8.36. The molecule has 134 valence electrons. The predicted molar refractivity (Wildman–Crippen MR) is 106 cm³/mol. The summed E-state index contributed by atoms with van der Waals surface area (Å²) in [6.07, 6.45) is 2.53. The zero-order chi connectivity index (χ0) is 17.6. The average molecular weight is 370 g/mol. The van der Waals surface area contributed by atoms with Crippen LogP contribution in [0.1, 0.15) is 27.9 Å². The van der Waals surface area contributed by atoms with E-state index in [-0.39, 0.29) is 18.2 Å². The number of primary amides is 1. The van der Waals surface area contributed by atoms with Crippen molar-refractivity contribution in [3.63, 3.8) is 0 Å². The summed E-state index contributed by atoms with van der Waals surface area (Å²) in [5.74, 6) is -0.557. The third-order valence-electron chi connectivity index (χ3n) is 4.30. The lowest BCUT2D eigenvalue weighted by Crippen LogP contribution is -2.10. The van der Waals surface area contributed by atoms with Gasteiger partial charge in [0.2, 0.25) is 5.91 Å². The number of amides is 1. The van der Waals surface area contributed by atoms with E-state index in [4.69, 9.17) is 5.73 Å². The molecule has 0 radical (unpaired) electrons. The van der Waals surface area contributed by atoms with Crippen molar-refractivity contribution in [2.75, 3.05) is 0 Å². The van der Waals surface area contributed by atoms with E-state index >= 15 is 0 Å². The van der Waals surface area contributed by atoms with Gasteiger partial charge in [0, 0.05) is 5.56 Å². The number of benzene rings is 3. The van der Waals surface area contributed by atoms with Crippen molar-refractivity contribution in [3.8, 4) is 11.1 Å². The third-order valence-corrected chi connectivity index (χ3v) is 4.30. The molecular formula is C22H21ClFNO. The van der Waals surface area contributed by atoms with Crippen LogP contribution in [0, 0.1) is 5.82 Å². The molecule has 0 bridgehead atoms. The van der Waals surface area contributed by atoms with Gasteiger partial charge in [-0.1, -0.05) is 54.6 Å². The highest BCUT2D eigenvalue weighted by Gasteiger charge is 2.04. The van der Waals surface area contributed by atoms with Gasteiger partial charge in [0.15, 0.2) is 0 Å². The Balaban J connectivity index is 0.00000243. The summed E-state index contributed by atoms with van der Waals surface area (Å²) in [5.41, 5.74) is 9.83. The molecular weight excluding hydrogens is 349 g/mol. The Kier molecular flexibility index (Phi) is 6.93. The van der Waals surface area contributed by atoms with Gasteiger partial charge in [-0.05, 0) is 59.7 Å². The Morgan fingerprint density at radius 3 is 2.27 bits per heavy atom. The van der Waals surface area contributed by atoms with Crippen LogP contribution in [-0.2, 0) is 12.8 Å². The fourth-order valence-corrected chi connectivity index (χ4v) is 2.90. The fraction of sp³-hybridized carbons (Fsp3) is 0.136. The molecule has 0 unspecified atom stereocenters. The standard InChI is InChI=1S/C22H20FNO.ClH/c23-21-10-2-1-6-18(21)7-3-5-16-11-13-17(14-12-16)19-8-4-9-20(15-19)22(24)25;/h1-2,4,6,8-15H,3,5,7H2,(H2,24,25);1H. The second kappa shape index (κ2) is 9.16. The number of nitrogens with two attached hydrogens (primary N) is 1. The summed E-state index contributed by atoms with van der Waals surface area (Å²) in [6.45, 7) is 0. The summed E-state index contributed by atoms with van der Waals surface area (Å²) >= 11 is 0. The first-order valence-electron chi connectivity index (χ1n) is 8.36. The van der Waals surface area contributed by atoms with Crippen LogP contribution in [-0.4, -0.2) is 5.91 Å². The Labute approximate surface area is 159 Å². The molecule has 0 fully saturated rings. The van der Waals surface area contributed by atoms with Gasteiger partial charge >= 0.3 is 0 Å². The zero-order valence-corrected chi connectivity index (χ0v) is 15.1. The van der Waals surface area contributed by atoms with Crippen molar-refractivity contribution in [1.82, 2.24) is 0 Å². The van der Waals surface area contributed by atoms with E-state index in [9.17, 15) is 9.18 Å². The molecule has 0 aliphatic heterocycles. The minimum atomic E-state index is -0.424. The van der Waals surface area contributed by atoms with Crippen LogP contribution in [0.25, 0.3) is 11.1 Å². The number of rotatable bonds is 6. The van der Waals surface area contributed by atoms with E-state index in [2.05, 4.69) is 12.1 Å². The Morgan fingerprint density at radius 1 is 0.846 bits per heavy atom. The van der Waals surface area contributed by atoms with Crippen molar-refractivity contribution in [1.29, 1.82) is 0 Å². The number of halogens is 2. The summed E-state index contributed by atoms with van der Waals surface area (Å²) in [4.78, 5) is 11.3. The first-order chi connectivity index (χ1) is 12.1. The van der Waals surface area contributed by atoms with Gasteiger partial charge in [-0.15, -0.1) is 12.4 Å². The number of hydrogen-bond donors (Lipinski definition) is 1. The summed E-state index contributed by atoms with van der Waals surface area (Å²) in [6, 6.07) is 22.5. The zero-order valence-electron chi connectivity index (χ0n) is 14.3. The van der Waals surface area contributed by atoms with Gasteiger partial charge in [-0.2, -0.15) is 0 Å². The maximum atomic E-state index is 13.6. The van der Waals surface area contributed by atoms with E-state index in [0.29, 0.717) is 5.56 Å². The highest BCUT2D eigenvalue weighted by Crippen LogP contribution is 2.21. The van der Waals surface area contributed by atoms with Crippen molar-refractivity contribution in [3.05, 3.63) is 95.3 Å². The van der Waals surface area contributed by atoms with Gasteiger partial charge in [0.25, 0.3) is 0 Å². The van der Waals surface area contributed by atoms with E-state index in [1.807, 2.05) is 36.4 Å². The van der Waals surface area contributed by atoms with E-state index < -0.39 is 5.91 Å². The minimum absolute atomic E-state index is 0. The van der Waals surface area contributed by atoms with Crippen molar-refractivity contribution < 1.29 is 9.18 Å². The largest absolute Gasteiger partial charge is 0.366 e. The molecule has 0 heterocycles. The van der Waals surface area contributed by atoms with Gasteiger partial charge in [0.05, 0.1) is 0 Å². The molecule has 3 rings (SSSR count). The third kappa shape index (κ3) is 4.93. The van der Waals surface area contributed by atoms with Crippen LogP contribution >= 0.6 is 12.4 Å². The Morgan fingerprint density at radius 2 is 1.58 bits per heavy atom. The van der Waals surface area contributed by atoms with Crippen LogP contribution in [0.15, 0.2) is 72.8 Å². The maximum absolute atomic E-state index is 13.6. The minimum Gasteiger partial charge on any atom is -0.366 e. The lowest BCUT2D eigenvalue weighted by molar-refractivity contribution is 0.100. The molecule has 0 spiro atoms. The quantitative estimate of drug-likeness (QED) is 0.638. The summed E-state index contributed by atoms with van der Waals surface area (Å²) in [7, 11) is 0. The smallest absolute Gasteiger partial charge is 0.248 e. The van der Waals surface area contributed by atoms with Gasteiger partial charge in [-0.25, -0.2) is 4.39 Å². The predicted octanol–water partition coefficient (Wildman–Crippen LogP) is 5.19. The van der Waals surface area contributed by atoms with Crippen LogP contribution in [0.4, 0.5) is 4.39 Å². The highest BCUT2D eigenvalue weighted by atomic mass is 35.5. The number of aryl methyl sites for hydroxylation is 2.